The standard InChI is InChI=1S/C14H20N2O4/c1-4-7-15-9-11(2)10-20-14-6-5-12(19-3)8-13(14)16(17)18/h5-6,8,15H,2,4,7,9-10H2,1,3H3. The second kappa shape index (κ2) is 8.16. The van der Waals surface area contributed by atoms with E-state index < -0.39 is 4.92 Å². The van der Waals surface area contributed by atoms with Crippen molar-refractivity contribution in [1.82, 2.24) is 5.32 Å². The van der Waals surface area contributed by atoms with Gasteiger partial charge in [-0.3, -0.25) is 10.1 Å². The van der Waals surface area contributed by atoms with Crippen LogP contribution < -0.4 is 14.8 Å². The molecule has 0 aliphatic rings. The van der Waals surface area contributed by atoms with Gasteiger partial charge in [0.2, 0.25) is 0 Å². The molecular weight excluding hydrogens is 260 g/mol. The van der Waals surface area contributed by atoms with Crippen LogP contribution in [0.3, 0.4) is 0 Å². The number of ether oxygens (including phenoxy) is 2. The second-order valence-corrected chi connectivity index (χ2v) is 4.31. The van der Waals surface area contributed by atoms with Crippen molar-refractivity contribution in [1.29, 1.82) is 0 Å². The Kier molecular flexibility index (Phi) is 6.52. The van der Waals surface area contributed by atoms with Crippen molar-refractivity contribution in [3.05, 3.63) is 40.5 Å². The molecule has 0 spiro atoms. The van der Waals surface area contributed by atoms with Crippen molar-refractivity contribution < 1.29 is 14.4 Å². The highest BCUT2D eigenvalue weighted by Crippen LogP contribution is 2.31. The molecule has 110 valence electrons. The van der Waals surface area contributed by atoms with E-state index >= 15 is 0 Å². The first-order chi connectivity index (χ1) is 9.58. The highest BCUT2D eigenvalue weighted by Gasteiger charge is 2.16. The number of benzene rings is 1. The van der Waals surface area contributed by atoms with E-state index in [0.29, 0.717) is 12.3 Å². The highest BCUT2D eigenvalue weighted by molar-refractivity contribution is 5.51. The monoisotopic (exact) mass is 280 g/mol. The molecule has 20 heavy (non-hydrogen) atoms. The van der Waals surface area contributed by atoms with Crippen LogP contribution in [0.25, 0.3) is 0 Å². The van der Waals surface area contributed by atoms with Crippen LogP contribution in [0.5, 0.6) is 11.5 Å². The largest absolute Gasteiger partial charge is 0.496 e. The molecule has 0 unspecified atom stereocenters. The van der Waals surface area contributed by atoms with Gasteiger partial charge in [0, 0.05) is 6.54 Å². The summed E-state index contributed by atoms with van der Waals surface area (Å²) in [5, 5.41) is 14.2. The highest BCUT2D eigenvalue weighted by atomic mass is 16.6. The van der Waals surface area contributed by atoms with Crippen molar-refractivity contribution in [2.45, 2.75) is 13.3 Å². The van der Waals surface area contributed by atoms with Crippen molar-refractivity contribution in [3.8, 4) is 11.5 Å². The molecule has 1 rings (SSSR count). The van der Waals surface area contributed by atoms with E-state index in [-0.39, 0.29) is 18.0 Å². The molecule has 1 aromatic carbocycles. The van der Waals surface area contributed by atoms with Gasteiger partial charge >= 0.3 is 5.69 Å². The lowest BCUT2D eigenvalue weighted by Crippen LogP contribution is -2.20. The van der Waals surface area contributed by atoms with Gasteiger partial charge in [0.15, 0.2) is 5.75 Å². The van der Waals surface area contributed by atoms with Crippen LogP contribution in [-0.2, 0) is 0 Å². The van der Waals surface area contributed by atoms with Crippen LogP contribution in [0.4, 0.5) is 5.69 Å². The van der Waals surface area contributed by atoms with Crippen LogP contribution in [0.2, 0.25) is 0 Å². The van der Waals surface area contributed by atoms with Gasteiger partial charge in [-0.25, -0.2) is 0 Å². The molecule has 0 heterocycles. The Morgan fingerprint density at radius 2 is 2.25 bits per heavy atom. The van der Waals surface area contributed by atoms with Gasteiger partial charge in [-0.15, -0.1) is 0 Å². The summed E-state index contributed by atoms with van der Waals surface area (Å²) in [4.78, 5) is 10.5. The molecule has 0 radical (unpaired) electrons. The van der Waals surface area contributed by atoms with Gasteiger partial charge in [0.25, 0.3) is 0 Å². The molecule has 0 amide bonds. The molecule has 0 fully saturated rings. The molecule has 1 aromatic rings. The van der Waals surface area contributed by atoms with E-state index in [9.17, 15) is 10.1 Å². The quantitative estimate of drug-likeness (QED) is 0.326. The van der Waals surface area contributed by atoms with Crippen LogP contribution in [0.15, 0.2) is 30.4 Å². The number of rotatable bonds is 9. The summed E-state index contributed by atoms with van der Waals surface area (Å²) in [6.07, 6.45) is 1.04. The minimum Gasteiger partial charge on any atom is -0.496 e. The maximum atomic E-state index is 11.0. The van der Waals surface area contributed by atoms with E-state index in [1.807, 2.05) is 0 Å². The first-order valence-electron chi connectivity index (χ1n) is 6.41. The molecule has 6 nitrogen and oxygen atoms in total. The predicted octanol–water partition coefficient (Wildman–Crippen LogP) is 2.54. The molecule has 0 saturated heterocycles. The minimum absolute atomic E-state index is 0.112. The molecule has 0 aliphatic carbocycles. The zero-order valence-electron chi connectivity index (χ0n) is 11.8. The number of nitro benzene ring substituents is 1. The Balaban J connectivity index is 2.63. The van der Waals surface area contributed by atoms with Gasteiger partial charge < -0.3 is 14.8 Å². The number of nitrogens with one attached hydrogen (secondary N) is 1. The Hall–Kier alpha value is -2.08. The fourth-order valence-corrected chi connectivity index (χ4v) is 1.56. The van der Waals surface area contributed by atoms with Gasteiger partial charge in [-0.05, 0) is 30.7 Å². The molecule has 0 saturated carbocycles. The third-order valence-electron chi connectivity index (χ3n) is 2.60. The molecule has 6 heteroatoms. The first-order valence-corrected chi connectivity index (χ1v) is 6.41. The van der Waals surface area contributed by atoms with Gasteiger partial charge in [0.05, 0.1) is 18.1 Å². The maximum absolute atomic E-state index is 11.0. The summed E-state index contributed by atoms with van der Waals surface area (Å²) in [5.41, 5.74) is 0.724. The third kappa shape index (κ3) is 4.89. The summed E-state index contributed by atoms with van der Waals surface area (Å²) < 4.78 is 10.4. The summed E-state index contributed by atoms with van der Waals surface area (Å²) in [7, 11) is 1.46. The lowest BCUT2D eigenvalue weighted by molar-refractivity contribution is -0.385. The minimum atomic E-state index is -0.490. The zero-order valence-corrected chi connectivity index (χ0v) is 11.8. The van der Waals surface area contributed by atoms with Crippen molar-refractivity contribution >= 4 is 5.69 Å². The maximum Gasteiger partial charge on any atom is 0.314 e. The smallest absolute Gasteiger partial charge is 0.314 e. The molecular formula is C14H20N2O4. The summed E-state index contributed by atoms with van der Waals surface area (Å²) in [6.45, 7) is 7.73. The van der Waals surface area contributed by atoms with Gasteiger partial charge in [-0.2, -0.15) is 0 Å². The third-order valence-corrected chi connectivity index (χ3v) is 2.60. The SMILES string of the molecule is C=C(CNCCC)COc1ccc(OC)cc1[N+](=O)[O-]. The zero-order chi connectivity index (χ0) is 15.0. The van der Waals surface area contributed by atoms with Gasteiger partial charge in [0.1, 0.15) is 12.4 Å². The molecule has 0 aliphatic heterocycles. The normalized spacial score (nSPS) is 10.1. The summed E-state index contributed by atoms with van der Waals surface area (Å²) in [5.74, 6) is 0.639. The predicted molar refractivity (Wildman–Crippen MR) is 77.4 cm³/mol. The van der Waals surface area contributed by atoms with E-state index in [2.05, 4.69) is 18.8 Å². The Bertz CT molecular complexity index is 474. The first kappa shape index (κ1) is 16.0. The van der Waals surface area contributed by atoms with E-state index in [1.165, 1.54) is 19.2 Å². The number of hydrogen-bond donors (Lipinski definition) is 1. The molecule has 1 N–H and O–H groups in total. The number of nitro groups is 1. The summed E-state index contributed by atoms with van der Waals surface area (Å²) >= 11 is 0. The van der Waals surface area contributed by atoms with Crippen LogP contribution in [0, 0.1) is 10.1 Å². The van der Waals surface area contributed by atoms with Crippen LogP contribution >= 0.6 is 0 Å². The lowest BCUT2D eigenvalue weighted by atomic mass is 10.2. The van der Waals surface area contributed by atoms with Crippen molar-refractivity contribution in [2.75, 3.05) is 26.8 Å². The van der Waals surface area contributed by atoms with E-state index in [1.54, 1.807) is 6.07 Å². The fourth-order valence-electron chi connectivity index (χ4n) is 1.56. The molecule has 0 atom stereocenters. The average molecular weight is 280 g/mol. The Labute approximate surface area is 118 Å². The summed E-state index contributed by atoms with van der Waals surface area (Å²) in [6, 6.07) is 4.50. The lowest BCUT2D eigenvalue weighted by Gasteiger charge is -2.10. The Morgan fingerprint density at radius 1 is 1.50 bits per heavy atom. The fraction of sp³-hybridized carbons (Fsp3) is 0.429. The van der Waals surface area contributed by atoms with Crippen LogP contribution in [-0.4, -0.2) is 31.7 Å². The van der Waals surface area contributed by atoms with Crippen molar-refractivity contribution in [3.63, 3.8) is 0 Å². The second-order valence-electron chi connectivity index (χ2n) is 4.31. The van der Waals surface area contributed by atoms with Gasteiger partial charge in [-0.1, -0.05) is 13.5 Å². The van der Waals surface area contributed by atoms with E-state index in [0.717, 1.165) is 18.5 Å². The molecule has 0 bridgehead atoms. The van der Waals surface area contributed by atoms with Crippen LogP contribution in [0.1, 0.15) is 13.3 Å². The Morgan fingerprint density at radius 3 is 2.85 bits per heavy atom. The topological polar surface area (TPSA) is 73.6 Å². The van der Waals surface area contributed by atoms with Crippen molar-refractivity contribution in [2.24, 2.45) is 0 Å². The average Bonchev–Trinajstić information content (AvgIpc) is 2.45. The number of nitrogens with zero attached hydrogens (tertiary/aromatic N) is 1. The number of methoxy groups -OCH3 is 1. The number of hydrogen-bond acceptors (Lipinski definition) is 5. The van der Waals surface area contributed by atoms with E-state index in [4.69, 9.17) is 9.47 Å². The molecule has 0 aromatic heterocycles.